The molecule has 1 aromatic rings. The summed E-state index contributed by atoms with van der Waals surface area (Å²) in [5.41, 5.74) is 6.24. The van der Waals surface area contributed by atoms with Crippen LogP contribution in [0.5, 0.6) is 5.75 Å². The third-order valence-electron chi connectivity index (χ3n) is 2.01. The zero-order valence-electron chi connectivity index (χ0n) is 10.3. The number of ether oxygens (including phenoxy) is 2. The van der Waals surface area contributed by atoms with E-state index in [1.54, 1.807) is 18.2 Å². The number of carbonyl (C=O) groups is 1. The molecule has 1 aromatic carbocycles. The second-order valence-electron chi connectivity index (χ2n) is 4.25. The molecule has 0 saturated carbocycles. The monoisotopic (exact) mass is 237 g/mol. The van der Waals surface area contributed by atoms with Crippen molar-refractivity contribution < 1.29 is 14.3 Å². The van der Waals surface area contributed by atoms with Crippen LogP contribution in [0.15, 0.2) is 24.3 Å². The fraction of sp³-hybridized carbons (Fsp3) is 0.462. The van der Waals surface area contributed by atoms with Crippen LogP contribution < -0.4 is 10.5 Å². The minimum Gasteiger partial charge on any atom is -0.493 e. The molecule has 0 heterocycles. The summed E-state index contributed by atoms with van der Waals surface area (Å²) in [4.78, 5) is 11.3. The molecule has 0 aliphatic heterocycles. The van der Waals surface area contributed by atoms with Gasteiger partial charge in [-0.05, 0) is 18.1 Å². The first kappa shape index (κ1) is 13.4. The van der Waals surface area contributed by atoms with Gasteiger partial charge in [-0.15, -0.1) is 0 Å². The standard InChI is InChI=1S/C13H19NO3/c1-10(2)9-17-13(15)6-7-16-12-5-3-4-11(14)8-12/h3-5,8,10H,6-7,9,14H2,1-2H3. The Kier molecular flexibility index (Phi) is 5.33. The molecule has 0 aliphatic carbocycles. The average Bonchev–Trinajstić information content (AvgIpc) is 2.26. The highest BCUT2D eigenvalue weighted by Gasteiger charge is 2.04. The number of rotatable bonds is 6. The maximum atomic E-state index is 11.3. The Balaban J connectivity index is 2.21. The van der Waals surface area contributed by atoms with Gasteiger partial charge >= 0.3 is 5.97 Å². The highest BCUT2D eigenvalue weighted by atomic mass is 16.5. The molecule has 4 heteroatoms. The quantitative estimate of drug-likeness (QED) is 0.609. The highest BCUT2D eigenvalue weighted by Crippen LogP contribution is 2.14. The molecule has 0 unspecified atom stereocenters. The van der Waals surface area contributed by atoms with Crippen LogP contribution in [0, 0.1) is 5.92 Å². The molecule has 0 bridgehead atoms. The zero-order chi connectivity index (χ0) is 12.7. The van der Waals surface area contributed by atoms with E-state index in [1.807, 2.05) is 19.9 Å². The number of benzene rings is 1. The van der Waals surface area contributed by atoms with Gasteiger partial charge in [-0.1, -0.05) is 19.9 Å². The molecule has 2 N–H and O–H groups in total. The van der Waals surface area contributed by atoms with Crippen molar-refractivity contribution in [3.8, 4) is 5.75 Å². The van der Waals surface area contributed by atoms with Crippen LogP contribution in [-0.4, -0.2) is 19.2 Å². The molecule has 0 atom stereocenters. The molecule has 0 aromatic heterocycles. The van der Waals surface area contributed by atoms with Crippen molar-refractivity contribution in [3.63, 3.8) is 0 Å². The summed E-state index contributed by atoms with van der Waals surface area (Å²) >= 11 is 0. The summed E-state index contributed by atoms with van der Waals surface area (Å²) in [5, 5.41) is 0. The summed E-state index contributed by atoms with van der Waals surface area (Å²) in [6, 6.07) is 7.11. The molecular formula is C13H19NO3. The number of hydrogen-bond acceptors (Lipinski definition) is 4. The lowest BCUT2D eigenvalue weighted by Gasteiger charge is -2.08. The molecule has 1 rings (SSSR count). The van der Waals surface area contributed by atoms with Gasteiger partial charge in [0, 0.05) is 11.8 Å². The van der Waals surface area contributed by atoms with Gasteiger partial charge in [0.1, 0.15) is 5.75 Å². The maximum Gasteiger partial charge on any atom is 0.309 e. The van der Waals surface area contributed by atoms with Gasteiger partial charge in [-0.25, -0.2) is 0 Å². The van der Waals surface area contributed by atoms with E-state index in [-0.39, 0.29) is 12.4 Å². The molecule has 0 saturated heterocycles. The number of nitrogens with two attached hydrogens (primary N) is 1. The summed E-state index contributed by atoms with van der Waals surface area (Å²) in [5.74, 6) is 0.790. The van der Waals surface area contributed by atoms with Crippen LogP contribution in [0.2, 0.25) is 0 Å². The van der Waals surface area contributed by atoms with Crippen molar-refractivity contribution >= 4 is 11.7 Å². The largest absolute Gasteiger partial charge is 0.493 e. The Morgan fingerprint density at radius 1 is 1.41 bits per heavy atom. The average molecular weight is 237 g/mol. The van der Waals surface area contributed by atoms with Crippen molar-refractivity contribution in [2.24, 2.45) is 5.92 Å². The number of hydrogen-bond donors (Lipinski definition) is 1. The molecule has 0 spiro atoms. The van der Waals surface area contributed by atoms with Crippen LogP contribution >= 0.6 is 0 Å². The van der Waals surface area contributed by atoms with Crippen LogP contribution in [0.25, 0.3) is 0 Å². The third-order valence-corrected chi connectivity index (χ3v) is 2.01. The van der Waals surface area contributed by atoms with Crippen LogP contribution in [0.3, 0.4) is 0 Å². The van der Waals surface area contributed by atoms with Crippen molar-refractivity contribution in [3.05, 3.63) is 24.3 Å². The second-order valence-corrected chi connectivity index (χ2v) is 4.25. The molecule has 0 radical (unpaired) electrons. The lowest BCUT2D eigenvalue weighted by Crippen LogP contribution is -2.13. The minimum atomic E-state index is -0.234. The van der Waals surface area contributed by atoms with E-state index in [9.17, 15) is 4.79 Å². The van der Waals surface area contributed by atoms with Crippen LogP contribution in [0.1, 0.15) is 20.3 Å². The number of esters is 1. The van der Waals surface area contributed by atoms with Gasteiger partial charge < -0.3 is 15.2 Å². The third kappa shape index (κ3) is 5.80. The van der Waals surface area contributed by atoms with Crippen molar-refractivity contribution in [2.75, 3.05) is 18.9 Å². The molecular weight excluding hydrogens is 218 g/mol. The summed E-state index contributed by atoms with van der Waals surface area (Å²) < 4.78 is 10.4. The number of nitrogen functional groups attached to an aromatic ring is 1. The predicted molar refractivity (Wildman–Crippen MR) is 66.8 cm³/mol. The van der Waals surface area contributed by atoms with Crippen molar-refractivity contribution in [2.45, 2.75) is 20.3 Å². The molecule has 0 amide bonds. The SMILES string of the molecule is CC(C)COC(=O)CCOc1cccc(N)c1. The fourth-order valence-electron chi connectivity index (χ4n) is 1.19. The second kappa shape index (κ2) is 6.78. The van der Waals surface area contributed by atoms with Gasteiger partial charge in [0.15, 0.2) is 0 Å². The summed E-state index contributed by atoms with van der Waals surface area (Å²) in [7, 11) is 0. The Bertz CT molecular complexity index is 363. The zero-order valence-corrected chi connectivity index (χ0v) is 10.3. The van der Waals surface area contributed by atoms with Gasteiger partial charge in [-0.3, -0.25) is 4.79 Å². The van der Waals surface area contributed by atoms with Gasteiger partial charge in [0.05, 0.1) is 19.6 Å². The topological polar surface area (TPSA) is 61.5 Å². The fourth-order valence-corrected chi connectivity index (χ4v) is 1.19. The Hall–Kier alpha value is -1.71. The van der Waals surface area contributed by atoms with E-state index in [4.69, 9.17) is 15.2 Å². The van der Waals surface area contributed by atoms with Crippen LogP contribution in [-0.2, 0) is 9.53 Å². The Labute approximate surface area is 102 Å². The first-order chi connectivity index (χ1) is 8.08. The van der Waals surface area contributed by atoms with E-state index >= 15 is 0 Å². The number of anilines is 1. The molecule has 0 aliphatic rings. The van der Waals surface area contributed by atoms with Gasteiger partial charge in [-0.2, -0.15) is 0 Å². The Morgan fingerprint density at radius 3 is 2.82 bits per heavy atom. The first-order valence-electron chi connectivity index (χ1n) is 5.72. The van der Waals surface area contributed by atoms with E-state index in [0.29, 0.717) is 30.6 Å². The minimum absolute atomic E-state index is 0.234. The molecule has 4 nitrogen and oxygen atoms in total. The molecule has 94 valence electrons. The summed E-state index contributed by atoms with van der Waals surface area (Å²) in [6.07, 6.45) is 0.252. The first-order valence-corrected chi connectivity index (χ1v) is 5.72. The van der Waals surface area contributed by atoms with Crippen molar-refractivity contribution in [1.82, 2.24) is 0 Å². The van der Waals surface area contributed by atoms with Gasteiger partial charge in [0.25, 0.3) is 0 Å². The lowest BCUT2D eigenvalue weighted by molar-refractivity contribution is -0.145. The van der Waals surface area contributed by atoms with Crippen molar-refractivity contribution in [1.29, 1.82) is 0 Å². The van der Waals surface area contributed by atoms with Gasteiger partial charge in [0.2, 0.25) is 0 Å². The molecule has 17 heavy (non-hydrogen) atoms. The van der Waals surface area contributed by atoms with E-state index < -0.39 is 0 Å². The summed E-state index contributed by atoms with van der Waals surface area (Å²) in [6.45, 7) is 4.75. The van der Waals surface area contributed by atoms with Crippen LogP contribution in [0.4, 0.5) is 5.69 Å². The number of carbonyl (C=O) groups excluding carboxylic acids is 1. The Morgan fingerprint density at radius 2 is 2.18 bits per heavy atom. The molecule has 0 fully saturated rings. The highest BCUT2D eigenvalue weighted by molar-refractivity contribution is 5.69. The van der Waals surface area contributed by atoms with E-state index in [1.165, 1.54) is 0 Å². The van der Waals surface area contributed by atoms with E-state index in [2.05, 4.69) is 0 Å². The predicted octanol–water partition coefficient (Wildman–Crippen LogP) is 2.24. The normalized spacial score (nSPS) is 10.3. The maximum absolute atomic E-state index is 11.3. The lowest BCUT2D eigenvalue weighted by atomic mass is 10.2. The van der Waals surface area contributed by atoms with E-state index in [0.717, 1.165) is 0 Å². The smallest absolute Gasteiger partial charge is 0.309 e.